The SMILES string of the molecule is CC(C)Oc1cccc(C(NCC2CC2)C(N)=O)c1. The van der Waals surface area contributed by atoms with Crippen molar-refractivity contribution in [2.75, 3.05) is 6.54 Å². The van der Waals surface area contributed by atoms with Crippen LogP contribution >= 0.6 is 0 Å². The summed E-state index contributed by atoms with van der Waals surface area (Å²) in [4.78, 5) is 11.6. The Labute approximate surface area is 114 Å². The van der Waals surface area contributed by atoms with Crippen LogP contribution in [0.25, 0.3) is 0 Å². The summed E-state index contributed by atoms with van der Waals surface area (Å²) in [5.74, 6) is 1.13. The van der Waals surface area contributed by atoms with Crippen LogP contribution in [0.15, 0.2) is 24.3 Å². The van der Waals surface area contributed by atoms with Crippen molar-refractivity contribution in [1.82, 2.24) is 5.32 Å². The van der Waals surface area contributed by atoms with Crippen LogP contribution < -0.4 is 15.8 Å². The summed E-state index contributed by atoms with van der Waals surface area (Å²) in [6, 6.07) is 7.14. The maximum Gasteiger partial charge on any atom is 0.239 e. The number of primary amides is 1. The number of benzene rings is 1. The quantitative estimate of drug-likeness (QED) is 0.790. The molecule has 0 aromatic heterocycles. The van der Waals surface area contributed by atoms with Crippen molar-refractivity contribution in [2.24, 2.45) is 11.7 Å². The summed E-state index contributed by atoms with van der Waals surface area (Å²) in [6.45, 7) is 4.80. The van der Waals surface area contributed by atoms with Gasteiger partial charge in [0.15, 0.2) is 0 Å². The number of carbonyl (C=O) groups is 1. The van der Waals surface area contributed by atoms with Crippen molar-refractivity contribution in [2.45, 2.75) is 38.8 Å². The van der Waals surface area contributed by atoms with E-state index in [1.165, 1.54) is 12.8 Å². The van der Waals surface area contributed by atoms with Gasteiger partial charge in [-0.3, -0.25) is 4.79 Å². The number of hydrogen-bond acceptors (Lipinski definition) is 3. The number of nitrogens with two attached hydrogens (primary N) is 1. The third kappa shape index (κ3) is 4.24. The molecule has 1 aliphatic carbocycles. The zero-order chi connectivity index (χ0) is 13.8. The maximum atomic E-state index is 11.6. The van der Waals surface area contributed by atoms with Gasteiger partial charge in [-0.1, -0.05) is 12.1 Å². The fourth-order valence-electron chi connectivity index (χ4n) is 2.03. The average molecular weight is 262 g/mol. The molecular weight excluding hydrogens is 240 g/mol. The van der Waals surface area contributed by atoms with E-state index >= 15 is 0 Å². The van der Waals surface area contributed by atoms with Gasteiger partial charge in [0.05, 0.1) is 6.10 Å². The lowest BCUT2D eigenvalue weighted by Crippen LogP contribution is -2.34. The third-order valence-corrected chi connectivity index (χ3v) is 3.16. The molecule has 19 heavy (non-hydrogen) atoms. The molecule has 0 spiro atoms. The molecule has 1 fully saturated rings. The van der Waals surface area contributed by atoms with Crippen molar-refractivity contribution in [1.29, 1.82) is 0 Å². The molecular formula is C15H22N2O2. The van der Waals surface area contributed by atoms with Gasteiger partial charge in [0.25, 0.3) is 0 Å². The van der Waals surface area contributed by atoms with Crippen LogP contribution in [-0.2, 0) is 4.79 Å². The molecule has 0 aliphatic heterocycles. The van der Waals surface area contributed by atoms with Crippen LogP contribution in [0.3, 0.4) is 0 Å². The van der Waals surface area contributed by atoms with E-state index in [1.54, 1.807) is 0 Å². The minimum atomic E-state index is -0.434. The van der Waals surface area contributed by atoms with Gasteiger partial charge in [0, 0.05) is 0 Å². The van der Waals surface area contributed by atoms with Gasteiger partial charge in [-0.15, -0.1) is 0 Å². The predicted molar refractivity (Wildman–Crippen MR) is 74.9 cm³/mol. The highest BCUT2D eigenvalue weighted by Gasteiger charge is 2.25. The molecule has 1 aliphatic rings. The molecule has 0 radical (unpaired) electrons. The maximum absolute atomic E-state index is 11.6. The predicted octanol–water partition coefficient (Wildman–Crippen LogP) is 2.00. The summed E-state index contributed by atoms with van der Waals surface area (Å²) in [7, 11) is 0. The highest BCUT2D eigenvalue weighted by Crippen LogP contribution is 2.29. The smallest absolute Gasteiger partial charge is 0.239 e. The Morgan fingerprint density at radius 3 is 2.79 bits per heavy atom. The number of amides is 1. The Morgan fingerprint density at radius 2 is 2.21 bits per heavy atom. The summed E-state index contributed by atoms with van der Waals surface area (Å²) >= 11 is 0. The van der Waals surface area contributed by atoms with Gasteiger partial charge in [-0.25, -0.2) is 0 Å². The van der Waals surface area contributed by atoms with E-state index in [9.17, 15) is 4.79 Å². The fourth-order valence-corrected chi connectivity index (χ4v) is 2.03. The summed E-state index contributed by atoms with van der Waals surface area (Å²) in [5, 5.41) is 3.25. The third-order valence-electron chi connectivity index (χ3n) is 3.16. The first-order valence-corrected chi connectivity index (χ1v) is 6.85. The highest BCUT2D eigenvalue weighted by molar-refractivity contribution is 5.81. The van der Waals surface area contributed by atoms with Gasteiger partial charge < -0.3 is 15.8 Å². The second-order valence-electron chi connectivity index (χ2n) is 5.43. The molecule has 1 amide bonds. The van der Waals surface area contributed by atoms with Gasteiger partial charge in [0.1, 0.15) is 11.8 Å². The number of rotatable bonds is 7. The first-order valence-electron chi connectivity index (χ1n) is 6.85. The molecule has 1 unspecified atom stereocenters. The van der Waals surface area contributed by atoms with Crippen molar-refractivity contribution in [3.05, 3.63) is 29.8 Å². The second-order valence-corrected chi connectivity index (χ2v) is 5.43. The Morgan fingerprint density at radius 1 is 1.47 bits per heavy atom. The van der Waals surface area contributed by atoms with E-state index in [2.05, 4.69) is 5.32 Å². The summed E-state index contributed by atoms with van der Waals surface area (Å²) in [6.07, 6.45) is 2.60. The molecule has 1 aromatic rings. The number of nitrogens with one attached hydrogen (secondary N) is 1. The monoisotopic (exact) mass is 262 g/mol. The van der Waals surface area contributed by atoms with Crippen LogP contribution in [-0.4, -0.2) is 18.6 Å². The van der Waals surface area contributed by atoms with E-state index < -0.39 is 6.04 Å². The van der Waals surface area contributed by atoms with Gasteiger partial charge in [-0.05, 0) is 56.8 Å². The number of carbonyl (C=O) groups excluding carboxylic acids is 1. The first kappa shape index (κ1) is 13.9. The highest BCUT2D eigenvalue weighted by atomic mass is 16.5. The zero-order valence-corrected chi connectivity index (χ0v) is 11.6. The van der Waals surface area contributed by atoms with E-state index in [-0.39, 0.29) is 12.0 Å². The number of hydrogen-bond donors (Lipinski definition) is 2. The van der Waals surface area contributed by atoms with Crippen molar-refractivity contribution in [3.63, 3.8) is 0 Å². The van der Waals surface area contributed by atoms with Crippen molar-refractivity contribution >= 4 is 5.91 Å². The molecule has 1 aromatic carbocycles. The largest absolute Gasteiger partial charge is 0.491 e. The lowest BCUT2D eigenvalue weighted by atomic mass is 10.1. The summed E-state index contributed by atoms with van der Waals surface area (Å²) in [5.41, 5.74) is 6.35. The van der Waals surface area contributed by atoms with Crippen LogP contribution in [0, 0.1) is 5.92 Å². The lowest BCUT2D eigenvalue weighted by Gasteiger charge is -2.17. The molecule has 1 saturated carbocycles. The second kappa shape index (κ2) is 6.06. The van der Waals surface area contributed by atoms with Crippen molar-refractivity contribution in [3.8, 4) is 5.75 Å². The number of ether oxygens (including phenoxy) is 1. The molecule has 3 N–H and O–H groups in total. The Balaban J connectivity index is 2.08. The first-order chi connectivity index (χ1) is 9.06. The topological polar surface area (TPSA) is 64.3 Å². The molecule has 2 rings (SSSR count). The van der Waals surface area contributed by atoms with Crippen molar-refractivity contribution < 1.29 is 9.53 Å². The van der Waals surface area contributed by atoms with E-state index in [0.29, 0.717) is 5.92 Å². The molecule has 1 atom stereocenters. The van der Waals surface area contributed by atoms with Gasteiger partial charge in [0.2, 0.25) is 5.91 Å². The van der Waals surface area contributed by atoms with Gasteiger partial charge >= 0.3 is 0 Å². The minimum absolute atomic E-state index is 0.113. The molecule has 4 nitrogen and oxygen atoms in total. The molecule has 0 heterocycles. The Bertz CT molecular complexity index is 442. The molecule has 104 valence electrons. The van der Waals surface area contributed by atoms with Gasteiger partial charge in [-0.2, -0.15) is 0 Å². The van der Waals surface area contributed by atoms with E-state index in [1.807, 2.05) is 38.1 Å². The van der Waals surface area contributed by atoms with Crippen LogP contribution in [0.4, 0.5) is 0 Å². The summed E-state index contributed by atoms with van der Waals surface area (Å²) < 4.78 is 5.64. The lowest BCUT2D eigenvalue weighted by molar-refractivity contribution is -0.120. The standard InChI is InChI=1S/C15H22N2O2/c1-10(2)19-13-5-3-4-12(8-13)14(15(16)18)17-9-11-6-7-11/h3-5,8,10-11,14,17H,6-7,9H2,1-2H3,(H2,16,18). The average Bonchev–Trinajstić information content (AvgIpc) is 3.12. The van der Waals surface area contributed by atoms with Crippen LogP contribution in [0.1, 0.15) is 38.3 Å². The molecule has 0 saturated heterocycles. The molecule has 0 bridgehead atoms. The minimum Gasteiger partial charge on any atom is -0.491 e. The molecule has 4 heteroatoms. The normalized spacial score (nSPS) is 16.4. The van der Waals surface area contributed by atoms with E-state index in [4.69, 9.17) is 10.5 Å². The zero-order valence-electron chi connectivity index (χ0n) is 11.6. The van der Waals surface area contributed by atoms with E-state index in [0.717, 1.165) is 17.9 Å². The van der Waals surface area contributed by atoms with Crippen LogP contribution in [0.2, 0.25) is 0 Å². The fraction of sp³-hybridized carbons (Fsp3) is 0.533. The Kier molecular flexibility index (Phi) is 4.43. The Hall–Kier alpha value is -1.55. The van der Waals surface area contributed by atoms with Crippen LogP contribution in [0.5, 0.6) is 5.75 Å².